The number of hydrazone groups is 1. The van der Waals surface area contributed by atoms with Crippen LogP contribution in [0.15, 0.2) is 40.4 Å². The standard InChI is InChI=1S/C18H19Cl2N3O3/c1-4-23-7-5-6-13(18(23)25)17(24)22-21-10-12-8-14(19)16(15(20)9-12)26-11(2)3/h5-11H,4H2,1-3H3,(H,22,24)/b21-10-. The zero-order valence-electron chi connectivity index (χ0n) is 14.6. The van der Waals surface area contributed by atoms with Gasteiger partial charge in [0, 0.05) is 12.7 Å². The number of benzene rings is 1. The first-order valence-corrected chi connectivity index (χ1v) is 8.77. The summed E-state index contributed by atoms with van der Waals surface area (Å²) in [5, 5.41) is 4.54. The third-order valence-corrected chi connectivity index (χ3v) is 3.92. The molecular formula is C18H19Cl2N3O3. The summed E-state index contributed by atoms with van der Waals surface area (Å²) in [5.74, 6) is -0.195. The summed E-state index contributed by atoms with van der Waals surface area (Å²) in [7, 11) is 0. The number of hydrogen-bond acceptors (Lipinski definition) is 4. The summed E-state index contributed by atoms with van der Waals surface area (Å²) in [6.07, 6.45) is 2.94. The Morgan fingerprint density at radius 1 is 1.35 bits per heavy atom. The van der Waals surface area contributed by atoms with Gasteiger partial charge >= 0.3 is 0 Å². The summed E-state index contributed by atoms with van der Waals surface area (Å²) in [6.45, 7) is 6.04. The Morgan fingerprint density at radius 3 is 2.58 bits per heavy atom. The van der Waals surface area contributed by atoms with Gasteiger partial charge in [-0.2, -0.15) is 5.10 Å². The number of pyridine rings is 1. The van der Waals surface area contributed by atoms with E-state index in [1.165, 1.54) is 16.8 Å². The monoisotopic (exact) mass is 395 g/mol. The molecule has 0 spiro atoms. The SMILES string of the molecule is CCn1cccc(C(=O)N/N=C\c2cc(Cl)c(OC(C)C)c(Cl)c2)c1=O. The van der Waals surface area contributed by atoms with Crippen LogP contribution in [-0.2, 0) is 6.54 Å². The minimum absolute atomic E-state index is 0.0169. The lowest BCUT2D eigenvalue weighted by molar-refractivity contribution is 0.0953. The van der Waals surface area contributed by atoms with Crippen molar-refractivity contribution in [3.05, 3.63) is 62.0 Å². The molecule has 6 nitrogen and oxygen atoms in total. The molecule has 8 heteroatoms. The number of rotatable bonds is 6. The van der Waals surface area contributed by atoms with Gasteiger partial charge in [0.15, 0.2) is 5.75 Å². The van der Waals surface area contributed by atoms with Gasteiger partial charge in [-0.1, -0.05) is 23.2 Å². The molecule has 2 rings (SSSR count). The third-order valence-electron chi connectivity index (χ3n) is 3.36. The van der Waals surface area contributed by atoms with E-state index in [1.54, 1.807) is 24.4 Å². The van der Waals surface area contributed by atoms with Gasteiger partial charge in [-0.05, 0) is 50.6 Å². The Bertz CT molecular complexity index is 868. The van der Waals surface area contributed by atoms with Crippen molar-refractivity contribution in [3.8, 4) is 5.75 Å². The van der Waals surface area contributed by atoms with E-state index in [1.807, 2.05) is 20.8 Å². The Morgan fingerprint density at radius 2 is 2.00 bits per heavy atom. The van der Waals surface area contributed by atoms with E-state index >= 15 is 0 Å². The molecule has 0 unspecified atom stereocenters. The average molecular weight is 396 g/mol. The summed E-state index contributed by atoms with van der Waals surface area (Å²) >= 11 is 12.3. The van der Waals surface area contributed by atoms with Gasteiger partial charge < -0.3 is 9.30 Å². The molecule has 2 aromatic rings. The van der Waals surface area contributed by atoms with Crippen LogP contribution in [-0.4, -0.2) is 22.8 Å². The molecule has 1 N–H and O–H groups in total. The van der Waals surface area contributed by atoms with E-state index in [9.17, 15) is 9.59 Å². The molecule has 0 bridgehead atoms. The van der Waals surface area contributed by atoms with Crippen LogP contribution in [0.3, 0.4) is 0 Å². The third kappa shape index (κ3) is 4.86. The van der Waals surface area contributed by atoms with E-state index in [4.69, 9.17) is 27.9 Å². The topological polar surface area (TPSA) is 72.7 Å². The average Bonchev–Trinajstić information content (AvgIpc) is 2.58. The number of nitrogens with one attached hydrogen (secondary N) is 1. The number of aromatic nitrogens is 1. The maximum Gasteiger partial charge on any atom is 0.276 e. The molecule has 1 heterocycles. The van der Waals surface area contributed by atoms with Gasteiger partial charge in [-0.3, -0.25) is 9.59 Å². The van der Waals surface area contributed by atoms with Crippen LogP contribution < -0.4 is 15.7 Å². The van der Waals surface area contributed by atoms with E-state index in [-0.39, 0.29) is 17.2 Å². The molecule has 0 saturated heterocycles. The van der Waals surface area contributed by atoms with Gasteiger partial charge in [-0.15, -0.1) is 0 Å². The Kier molecular flexibility index (Phi) is 6.83. The van der Waals surface area contributed by atoms with Crippen LogP contribution in [0.5, 0.6) is 5.75 Å². The zero-order valence-corrected chi connectivity index (χ0v) is 16.1. The van der Waals surface area contributed by atoms with Crippen LogP contribution >= 0.6 is 23.2 Å². The number of hydrogen-bond donors (Lipinski definition) is 1. The fourth-order valence-electron chi connectivity index (χ4n) is 2.19. The number of carbonyl (C=O) groups is 1. The first-order valence-electron chi connectivity index (χ1n) is 8.02. The molecule has 0 atom stereocenters. The van der Waals surface area contributed by atoms with Crippen molar-refractivity contribution in [1.29, 1.82) is 0 Å². The number of halogens is 2. The molecular weight excluding hydrogens is 377 g/mol. The van der Waals surface area contributed by atoms with Crippen molar-refractivity contribution < 1.29 is 9.53 Å². The predicted octanol–water partition coefficient (Wildman–Crippen LogP) is 3.73. The highest BCUT2D eigenvalue weighted by Crippen LogP contribution is 2.34. The number of ether oxygens (including phenoxy) is 1. The molecule has 0 fully saturated rings. The number of carbonyl (C=O) groups excluding carboxylic acids is 1. The first-order chi connectivity index (χ1) is 12.3. The van der Waals surface area contributed by atoms with Crippen LogP contribution in [0.2, 0.25) is 10.0 Å². The van der Waals surface area contributed by atoms with Crippen LogP contribution in [0, 0.1) is 0 Å². The highest BCUT2D eigenvalue weighted by molar-refractivity contribution is 6.37. The van der Waals surface area contributed by atoms with E-state index in [0.29, 0.717) is 27.9 Å². The lowest BCUT2D eigenvalue weighted by atomic mass is 10.2. The molecule has 0 radical (unpaired) electrons. The van der Waals surface area contributed by atoms with Crippen molar-refractivity contribution in [2.45, 2.75) is 33.4 Å². The van der Waals surface area contributed by atoms with Crippen LogP contribution in [0.4, 0.5) is 0 Å². The van der Waals surface area contributed by atoms with Crippen LogP contribution in [0.25, 0.3) is 0 Å². The second-order valence-electron chi connectivity index (χ2n) is 5.69. The largest absolute Gasteiger partial charge is 0.488 e. The van der Waals surface area contributed by atoms with Crippen molar-refractivity contribution in [2.24, 2.45) is 5.10 Å². The van der Waals surface area contributed by atoms with Gasteiger partial charge in [0.05, 0.1) is 22.4 Å². The normalized spacial score (nSPS) is 11.2. The molecule has 0 saturated carbocycles. The highest BCUT2D eigenvalue weighted by Gasteiger charge is 2.12. The van der Waals surface area contributed by atoms with E-state index in [2.05, 4.69) is 10.5 Å². The molecule has 26 heavy (non-hydrogen) atoms. The summed E-state index contributed by atoms with van der Waals surface area (Å²) < 4.78 is 6.99. The summed E-state index contributed by atoms with van der Waals surface area (Å²) in [6, 6.07) is 6.32. The molecule has 0 aliphatic rings. The molecule has 0 aliphatic carbocycles. The quantitative estimate of drug-likeness (QED) is 0.598. The first kappa shape index (κ1) is 20.0. The molecule has 1 aromatic heterocycles. The second kappa shape index (κ2) is 8.87. The predicted molar refractivity (Wildman–Crippen MR) is 104 cm³/mol. The highest BCUT2D eigenvalue weighted by atomic mass is 35.5. The Labute approximate surface area is 161 Å². The zero-order chi connectivity index (χ0) is 19.3. The van der Waals surface area contributed by atoms with Gasteiger partial charge in [0.25, 0.3) is 11.5 Å². The minimum atomic E-state index is -0.592. The van der Waals surface area contributed by atoms with Crippen LogP contribution in [0.1, 0.15) is 36.7 Å². The van der Waals surface area contributed by atoms with Gasteiger partial charge in [0.1, 0.15) is 5.56 Å². The van der Waals surface area contributed by atoms with Crippen molar-refractivity contribution in [1.82, 2.24) is 9.99 Å². The fourth-order valence-corrected chi connectivity index (χ4v) is 2.78. The van der Waals surface area contributed by atoms with Crippen molar-refractivity contribution in [3.63, 3.8) is 0 Å². The lowest BCUT2D eigenvalue weighted by Crippen LogP contribution is -2.30. The smallest absolute Gasteiger partial charge is 0.276 e. The summed E-state index contributed by atoms with van der Waals surface area (Å²) in [5.41, 5.74) is 2.55. The molecule has 138 valence electrons. The fraction of sp³-hybridized carbons (Fsp3) is 0.278. The van der Waals surface area contributed by atoms with Crippen molar-refractivity contribution in [2.75, 3.05) is 0 Å². The number of amides is 1. The van der Waals surface area contributed by atoms with E-state index < -0.39 is 5.91 Å². The van der Waals surface area contributed by atoms with Crippen molar-refractivity contribution >= 4 is 35.3 Å². The summed E-state index contributed by atoms with van der Waals surface area (Å²) in [4.78, 5) is 24.2. The van der Waals surface area contributed by atoms with E-state index in [0.717, 1.165) is 0 Å². The maximum absolute atomic E-state index is 12.1. The van der Waals surface area contributed by atoms with Gasteiger partial charge in [0.2, 0.25) is 0 Å². The second-order valence-corrected chi connectivity index (χ2v) is 6.51. The Hall–Kier alpha value is -2.31. The Balaban J connectivity index is 2.14. The van der Waals surface area contributed by atoms with Gasteiger partial charge in [-0.25, -0.2) is 5.43 Å². The molecule has 1 amide bonds. The molecule has 0 aliphatic heterocycles. The number of aryl methyl sites for hydroxylation is 1. The lowest BCUT2D eigenvalue weighted by Gasteiger charge is -2.13. The number of nitrogens with zero attached hydrogens (tertiary/aromatic N) is 2. The molecule has 1 aromatic carbocycles. The maximum atomic E-state index is 12.1. The minimum Gasteiger partial charge on any atom is -0.488 e.